The first-order valence-corrected chi connectivity index (χ1v) is 10.5. The molecule has 2 heterocycles. The van der Waals surface area contributed by atoms with Gasteiger partial charge in [-0.25, -0.2) is 4.98 Å². The van der Waals surface area contributed by atoms with E-state index in [9.17, 15) is 9.59 Å². The van der Waals surface area contributed by atoms with E-state index in [0.717, 1.165) is 25.3 Å². The monoisotopic (exact) mass is 402 g/mol. The van der Waals surface area contributed by atoms with Crippen LogP contribution < -0.4 is 15.4 Å². The zero-order chi connectivity index (χ0) is 19.8. The van der Waals surface area contributed by atoms with E-state index < -0.39 is 0 Å². The lowest BCUT2D eigenvalue weighted by atomic mass is 10.1. The van der Waals surface area contributed by atoms with Gasteiger partial charge in [0, 0.05) is 11.9 Å². The summed E-state index contributed by atoms with van der Waals surface area (Å²) in [6.07, 6.45) is 3.77. The molecule has 0 bridgehead atoms. The fourth-order valence-electron chi connectivity index (χ4n) is 3.14. The van der Waals surface area contributed by atoms with Crippen molar-refractivity contribution in [3.05, 3.63) is 40.9 Å². The van der Waals surface area contributed by atoms with Crippen molar-refractivity contribution in [2.75, 3.05) is 31.6 Å². The number of ether oxygens (including phenoxy) is 1. The number of nitrogens with zero attached hydrogens (tertiary/aromatic N) is 2. The number of hydrogen-bond donors (Lipinski definition) is 2. The highest BCUT2D eigenvalue weighted by atomic mass is 32.1. The third-order valence-electron chi connectivity index (χ3n) is 4.47. The maximum absolute atomic E-state index is 12.3. The van der Waals surface area contributed by atoms with Gasteiger partial charge in [-0.3, -0.25) is 14.5 Å². The molecule has 2 N–H and O–H groups in total. The van der Waals surface area contributed by atoms with Gasteiger partial charge in [-0.15, -0.1) is 11.3 Å². The molecule has 0 saturated carbocycles. The van der Waals surface area contributed by atoms with Crippen LogP contribution in [0, 0.1) is 0 Å². The zero-order valence-electron chi connectivity index (χ0n) is 16.1. The molecule has 1 saturated heterocycles. The number of para-hydroxylation sites is 1. The van der Waals surface area contributed by atoms with E-state index in [1.54, 1.807) is 24.3 Å². The van der Waals surface area contributed by atoms with Gasteiger partial charge in [0.2, 0.25) is 5.91 Å². The van der Waals surface area contributed by atoms with E-state index in [0.29, 0.717) is 23.1 Å². The van der Waals surface area contributed by atoms with E-state index in [1.807, 2.05) is 12.3 Å². The van der Waals surface area contributed by atoms with Crippen LogP contribution in [0.1, 0.15) is 42.2 Å². The summed E-state index contributed by atoms with van der Waals surface area (Å²) in [5, 5.41) is 7.91. The average Bonchev–Trinajstić information content (AvgIpc) is 3.14. The molecule has 3 rings (SSSR count). The summed E-state index contributed by atoms with van der Waals surface area (Å²) in [6, 6.07) is 6.97. The molecule has 150 valence electrons. The normalized spacial score (nSPS) is 14.5. The molecular weight excluding hydrogens is 376 g/mol. The summed E-state index contributed by atoms with van der Waals surface area (Å²) in [4.78, 5) is 31.4. The Bertz CT molecular complexity index is 802. The highest BCUT2D eigenvalue weighted by Crippen LogP contribution is 2.19. The van der Waals surface area contributed by atoms with E-state index >= 15 is 0 Å². The van der Waals surface area contributed by atoms with Gasteiger partial charge in [0.25, 0.3) is 5.91 Å². The van der Waals surface area contributed by atoms with Gasteiger partial charge in [0.05, 0.1) is 24.4 Å². The van der Waals surface area contributed by atoms with Gasteiger partial charge in [0.1, 0.15) is 5.75 Å². The predicted octanol–water partition coefficient (Wildman–Crippen LogP) is 2.90. The average molecular weight is 403 g/mol. The quantitative estimate of drug-likeness (QED) is 0.709. The van der Waals surface area contributed by atoms with Gasteiger partial charge >= 0.3 is 0 Å². The molecule has 0 radical (unpaired) electrons. The number of hydrogen-bond acceptors (Lipinski definition) is 6. The van der Waals surface area contributed by atoms with Crippen LogP contribution in [0.2, 0.25) is 0 Å². The van der Waals surface area contributed by atoms with E-state index in [2.05, 4.69) is 20.5 Å². The van der Waals surface area contributed by atoms with Crippen molar-refractivity contribution in [3.8, 4) is 5.75 Å². The van der Waals surface area contributed by atoms with Crippen molar-refractivity contribution >= 4 is 28.3 Å². The third-order valence-corrected chi connectivity index (χ3v) is 5.28. The molecule has 7 nitrogen and oxygen atoms in total. The summed E-state index contributed by atoms with van der Waals surface area (Å²) >= 11 is 1.40. The molecule has 1 aromatic carbocycles. The molecule has 1 aromatic heterocycles. The van der Waals surface area contributed by atoms with Crippen LogP contribution >= 0.6 is 11.3 Å². The largest absolute Gasteiger partial charge is 0.493 e. The lowest BCUT2D eigenvalue weighted by Crippen LogP contribution is -2.33. The first-order chi connectivity index (χ1) is 13.7. The SMILES string of the molecule is CCOc1ccccc1C(=O)NCC(=O)Nc1nc(CN2CCCCC2)cs1. The number of carbonyl (C=O) groups is 2. The minimum Gasteiger partial charge on any atom is -0.493 e. The Hall–Kier alpha value is -2.45. The summed E-state index contributed by atoms with van der Waals surface area (Å²) in [5.74, 6) is -0.143. The Morgan fingerprint density at radius 3 is 2.79 bits per heavy atom. The Labute approximate surface area is 169 Å². The van der Waals surface area contributed by atoms with Crippen LogP contribution in [0.5, 0.6) is 5.75 Å². The molecule has 1 aliphatic heterocycles. The Kier molecular flexibility index (Phi) is 7.39. The molecule has 2 aromatic rings. The Morgan fingerprint density at radius 2 is 2.00 bits per heavy atom. The van der Waals surface area contributed by atoms with Gasteiger partial charge in [-0.1, -0.05) is 18.6 Å². The summed E-state index contributed by atoms with van der Waals surface area (Å²) < 4.78 is 5.45. The fraction of sp³-hybridized carbons (Fsp3) is 0.450. The molecule has 0 atom stereocenters. The van der Waals surface area contributed by atoms with Crippen molar-refractivity contribution in [1.82, 2.24) is 15.2 Å². The number of thiazole rings is 1. The van der Waals surface area contributed by atoms with Crippen LogP contribution in [-0.2, 0) is 11.3 Å². The fourth-order valence-corrected chi connectivity index (χ4v) is 3.86. The molecule has 0 spiro atoms. The topological polar surface area (TPSA) is 83.6 Å². The lowest BCUT2D eigenvalue weighted by Gasteiger charge is -2.25. The second-order valence-electron chi connectivity index (χ2n) is 6.64. The molecule has 28 heavy (non-hydrogen) atoms. The standard InChI is InChI=1S/C20H26N4O3S/c1-2-27-17-9-5-4-8-16(17)19(26)21-12-18(25)23-20-22-15(14-28-20)13-24-10-6-3-7-11-24/h4-5,8-9,14H,2-3,6-7,10-13H2,1H3,(H,21,26)(H,22,23,25). The number of anilines is 1. The van der Waals surface area contributed by atoms with Gasteiger partial charge in [-0.2, -0.15) is 0 Å². The van der Waals surface area contributed by atoms with Crippen molar-refractivity contribution in [2.24, 2.45) is 0 Å². The van der Waals surface area contributed by atoms with E-state index in [4.69, 9.17) is 4.74 Å². The zero-order valence-corrected chi connectivity index (χ0v) is 16.9. The number of piperidine rings is 1. The number of carbonyl (C=O) groups excluding carboxylic acids is 2. The maximum Gasteiger partial charge on any atom is 0.255 e. The number of amides is 2. The van der Waals surface area contributed by atoms with Crippen molar-refractivity contribution in [2.45, 2.75) is 32.7 Å². The molecule has 1 fully saturated rings. The van der Waals surface area contributed by atoms with Crippen LogP contribution in [-0.4, -0.2) is 47.9 Å². The minimum absolute atomic E-state index is 0.125. The van der Waals surface area contributed by atoms with Gasteiger partial charge < -0.3 is 15.4 Å². The van der Waals surface area contributed by atoms with Gasteiger partial charge in [-0.05, 0) is 45.0 Å². The number of aromatic nitrogens is 1. The van der Waals surface area contributed by atoms with Crippen LogP contribution in [0.15, 0.2) is 29.6 Å². The molecular formula is C20H26N4O3S. The number of benzene rings is 1. The van der Waals surface area contributed by atoms with Crippen molar-refractivity contribution < 1.29 is 14.3 Å². The molecule has 8 heteroatoms. The van der Waals surface area contributed by atoms with Crippen molar-refractivity contribution in [1.29, 1.82) is 0 Å². The Balaban J connectivity index is 1.47. The maximum atomic E-state index is 12.3. The summed E-state index contributed by atoms with van der Waals surface area (Å²) in [6.45, 7) is 5.23. The van der Waals surface area contributed by atoms with Crippen molar-refractivity contribution in [3.63, 3.8) is 0 Å². The predicted molar refractivity (Wildman–Crippen MR) is 110 cm³/mol. The molecule has 0 unspecified atom stereocenters. The molecule has 1 aliphatic rings. The first-order valence-electron chi connectivity index (χ1n) is 9.62. The van der Waals surface area contributed by atoms with Crippen LogP contribution in [0.25, 0.3) is 0 Å². The molecule has 0 aliphatic carbocycles. The summed E-state index contributed by atoms with van der Waals surface area (Å²) in [7, 11) is 0. The summed E-state index contributed by atoms with van der Waals surface area (Å²) in [5.41, 5.74) is 1.38. The second-order valence-corrected chi connectivity index (χ2v) is 7.50. The van der Waals surface area contributed by atoms with Gasteiger partial charge in [0.15, 0.2) is 5.13 Å². The van der Waals surface area contributed by atoms with Crippen LogP contribution in [0.3, 0.4) is 0 Å². The van der Waals surface area contributed by atoms with Crippen LogP contribution in [0.4, 0.5) is 5.13 Å². The smallest absolute Gasteiger partial charge is 0.255 e. The molecule has 2 amide bonds. The van der Waals surface area contributed by atoms with E-state index in [-0.39, 0.29) is 18.4 Å². The third kappa shape index (κ3) is 5.77. The number of likely N-dealkylation sites (tertiary alicyclic amines) is 1. The minimum atomic E-state index is -0.343. The first kappa shape index (κ1) is 20.3. The van der Waals surface area contributed by atoms with E-state index in [1.165, 1.54) is 30.6 Å². The highest BCUT2D eigenvalue weighted by molar-refractivity contribution is 7.13. The lowest BCUT2D eigenvalue weighted by molar-refractivity contribution is -0.115. The number of rotatable bonds is 8. The Morgan fingerprint density at radius 1 is 1.21 bits per heavy atom. The second kappa shape index (κ2) is 10.2. The number of nitrogens with one attached hydrogen (secondary N) is 2. The highest BCUT2D eigenvalue weighted by Gasteiger charge is 2.15.